The number of amides is 1. The van der Waals surface area contributed by atoms with Gasteiger partial charge in [-0.1, -0.05) is 88.6 Å². The Kier molecular flexibility index (Phi) is 8.00. The molecule has 9 rings (SSSR count). The van der Waals surface area contributed by atoms with Crippen LogP contribution in [0, 0.1) is 39.4 Å². The highest BCUT2D eigenvalue weighted by molar-refractivity contribution is 6.00. The van der Waals surface area contributed by atoms with Gasteiger partial charge in [-0.25, -0.2) is 4.79 Å². The number of carbonyl (C=O) groups is 2. The first-order chi connectivity index (χ1) is 23.5. The zero-order valence-electron chi connectivity index (χ0n) is 29.8. The number of carbonyl (C=O) groups excluding carboxylic acids is 2. The number of nitrogens with zero attached hydrogens (tertiary/aromatic N) is 1. The monoisotopic (exact) mass is 665 g/mol. The average Bonchev–Trinajstić information content (AvgIpc) is 3.37. The molecule has 1 amide bonds. The van der Waals surface area contributed by atoms with Crippen molar-refractivity contribution in [1.29, 1.82) is 0 Å². The number of rotatable bonds is 7. The molecule has 2 spiro atoms. The third-order valence-corrected chi connectivity index (χ3v) is 15.1. The van der Waals surface area contributed by atoms with Crippen molar-refractivity contribution >= 4 is 22.6 Å². The Labute approximate surface area is 292 Å². The van der Waals surface area contributed by atoms with Gasteiger partial charge in [-0.15, -0.1) is 0 Å². The second kappa shape index (κ2) is 11.8. The van der Waals surface area contributed by atoms with E-state index >= 15 is 0 Å². The zero-order valence-corrected chi connectivity index (χ0v) is 29.8. The van der Waals surface area contributed by atoms with E-state index in [0.29, 0.717) is 30.9 Å². The standard InChI is InChI=1S/C43H55NO5/c1-4-24-44(38(47)49-33-15-14-29-10-8-9-13-31(29)25-33)28-42(48)21-18-36-40(42,3)20-17-35-39(2)19-16-32(45)26-41(39)22-23-43(35,36)34(27-41)37(46)30-11-6-5-7-12-30/h8-10,13-15,22-23,25,27,30,32,35-36,45,48H,4-7,11-12,16-21,24,26,28H2,1-3H3/t32?,35-,36-,39-,40+,41+,42-,43-/m1/s1. The molecule has 0 saturated heterocycles. The van der Waals surface area contributed by atoms with Crippen molar-refractivity contribution in [3.8, 4) is 5.75 Å². The first-order valence-corrected chi connectivity index (χ1v) is 19.3. The molecule has 6 heteroatoms. The van der Waals surface area contributed by atoms with Crippen LogP contribution in [0.15, 0.2) is 66.3 Å². The fourth-order valence-electron chi connectivity index (χ4n) is 12.4. The molecule has 0 radical (unpaired) electrons. The Hall–Kier alpha value is -2.96. The highest BCUT2D eigenvalue weighted by atomic mass is 16.6. The summed E-state index contributed by atoms with van der Waals surface area (Å²) in [7, 11) is 0. The lowest BCUT2D eigenvalue weighted by Crippen LogP contribution is -2.67. The molecule has 7 aliphatic carbocycles. The third-order valence-electron chi connectivity index (χ3n) is 15.1. The van der Waals surface area contributed by atoms with E-state index in [1.807, 2.05) is 42.5 Å². The Morgan fingerprint density at radius 2 is 1.59 bits per heavy atom. The lowest BCUT2D eigenvalue weighted by molar-refractivity contribution is -0.178. The highest BCUT2D eigenvalue weighted by Gasteiger charge is 2.74. The van der Waals surface area contributed by atoms with E-state index in [4.69, 9.17) is 4.74 Å². The normalized spacial score (nSPS) is 39.5. The maximum absolute atomic E-state index is 14.8. The average molecular weight is 666 g/mol. The summed E-state index contributed by atoms with van der Waals surface area (Å²) in [6.45, 7) is 7.47. The fraction of sp³-hybridized carbons (Fsp3) is 0.628. The van der Waals surface area contributed by atoms with E-state index in [1.54, 1.807) is 4.90 Å². The molecule has 2 bridgehead atoms. The minimum atomic E-state index is -1.11. The van der Waals surface area contributed by atoms with Gasteiger partial charge in [0.05, 0.1) is 18.2 Å². The summed E-state index contributed by atoms with van der Waals surface area (Å²) < 4.78 is 5.98. The number of hydrogen-bond acceptors (Lipinski definition) is 5. The second-order valence-electron chi connectivity index (χ2n) is 17.3. The summed E-state index contributed by atoms with van der Waals surface area (Å²) >= 11 is 0. The van der Waals surface area contributed by atoms with Gasteiger partial charge in [-0.3, -0.25) is 4.79 Å². The topological polar surface area (TPSA) is 87.1 Å². The number of ketones is 1. The van der Waals surface area contributed by atoms with Crippen LogP contribution in [0.2, 0.25) is 0 Å². The smallest absolute Gasteiger partial charge is 0.410 e. The van der Waals surface area contributed by atoms with Crippen LogP contribution >= 0.6 is 0 Å². The molecule has 7 aliphatic rings. The predicted octanol–water partition coefficient (Wildman–Crippen LogP) is 8.79. The number of benzene rings is 2. The van der Waals surface area contributed by atoms with Crippen molar-refractivity contribution in [3.05, 3.63) is 66.3 Å². The molecule has 2 aromatic carbocycles. The van der Waals surface area contributed by atoms with Crippen molar-refractivity contribution in [2.24, 2.45) is 39.4 Å². The van der Waals surface area contributed by atoms with Crippen LogP contribution in [0.25, 0.3) is 10.8 Å². The Morgan fingerprint density at radius 1 is 0.878 bits per heavy atom. The van der Waals surface area contributed by atoms with Gasteiger partial charge in [0, 0.05) is 34.3 Å². The molecule has 2 N–H and O–H groups in total. The van der Waals surface area contributed by atoms with E-state index in [2.05, 4.69) is 39.0 Å². The molecule has 2 aromatic rings. The molecule has 1 unspecified atom stereocenters. The Morgan fingerprint density at radius 3 is 2.37 bits per heavy atom. The minimum Gasteiger partial charge on any atom is -0.410 e. The van der Waals surface area contributed by atoms with E-state index in [9.17, 15) is 19.8 Å². The lowest BCUT2D eigenvalue weighted by Gasteiger charge is -2.71. The van der Waals surface area contributed by atoms with Crippen LogP contribution < -0.4 is 4.74 Å². The zero-order chi connectivity index (χ0) is 34.2. The van der Waals surface area contributed by atoms with Crippen LogP contribution in [0.1, 0.15) is 104 Å². The molecule has 4 fully saturated rings. The molecule has 4 saturated carbocycles. The first-order valence-electron chi connectivity index (χ1n) is 19.3. The number of Topliss-reactive ketones (excluding diaryl/α,β-unsaturated/α-hetero) is 1. The number of fused-ring (bicyclic) bond motifs is 2. The molecule has 0 aliphatic heterocycles. The van der Waals surface area contributed by atoms with Gasteiger partial charge in [0.1, 0.15) is 5.75 Å². The molecule has 49 heavy (non-hydrogen) atoms. The van der Waals surface area contributed by atoms with Crippen molar-refractivity contribution in [2.75, 3.05) is 13.1 Å². The minimum absolute atomic E-state index is 0.0444. The van der Waals surface area contributed by atoms with Crippen LogP contribution in [0.5, 0.6) is 5.75 Å². The van der Waals surface area contributed by atoms with Gasteiger partial charge >= 0.3 is 6.09 Å². The largest absolute Gasteiger partial charge is 0.415 e. The van der Waals surface area contributed by atoms with Crippen molar-refractivity contribution in [1.82, 2.24) is 4.90 Å². The highest BCUT2D eigenvalue weighted by Crippen LogP contribution is 2.78. The van der Waals surface area contributed by atoms with E-state index in [0.717, 1.165) is 80.6 Å². The van der Waals surface area contributed by atoms with Gasteiger partial charge in [0.15, 0.2) is 5.78 Å². The predicted molar refractivity (Wildman–Crippen MR) is 192 cm³/mol. The van der Waals surface area contributed by atoms with Gasteiger partial charge in [0.2, 0.25) is 0 Å². The van der Waals surface area contributed by atoms with Gasteiger partial charge in [-0.05, 0) is 104 Å². The van der Waals surface area contributed by atoms with Gasteiger partial charge in [0.25, 0.3) is 0 Å². The first kappa shape index (κ1) is 33.2. The summed E-state index contributed by atoms with van der Waals surface area (Å²) in [5, 5.41) is 26.0. The van der Waals surface area contributed by atoms with Crippen LogP contribution in [-0.4, -0.2) is 51.8 Å². The number of hydrogen-bond donors (Lipinski definition) is 2. The maximum atomic E-state index is 14.8. The SMILES string of the molecule is CCCN(C[C@]1(O)CC[C@H]2[C@]34C=C[C@@]5(C=C3C(=O)C3CCCCC3)CC(O)CC[C@]5(C)[C@H]4CC[C@@]21C)C(=O)Oc1ccc2ccccc2c1. The van der Waals surface area contributed by atoms with Crippen molar-refractivity contribution in [3.63, 3.8) is 0 Å². The lowest BCUT2D eigenvalue weighted by atomic mass is 9.32. The Bertz CT molecular complexity index is 1710. The number of ether oxygens (including phenoxy) is 1. The second-order valence-corrected chi connectivity index (χ2v) is 17.3. The maximum Gasteiger partial charge on any atom is 0.415 e. The van der Waals surface area contributed by atoms with Gasteiger partial charge in [-0.2, -0.15) is 0 Å². The molecular weight excluding hydrogens is 610 g/mol. The number of allylic oxidation sites excluding steroid dienone is 4. The third kappa shape index (κ3) is 4.79. The fourth-order valence-corrected chi connectivity index (χ4v) is 12.4. The van der Waals surface area contributed by atoms with E-state index in [-0.39, 0.29) is 41.2 Å². The summed E-state index contributed by atoms with van der Waals surface area (Å²) in [6, 6.07) is 13.7. The molecule has 0 heterocycles. The summed E-state index contributed by atoms with van der Waals surface area (Å²) in [4.78, 5) is 30.4. The molecule has 6 nitrogen and oxygen atoms in total. The van der Waals surface area contributed by atoms with E-state index in [1.165, 1.54) is 6.42 Å². The van der Waals surface area contributed by atoms with Crippen molar-refractivity contribution < 1.29 is 24.5 Å². The van der Waals surface area contributed by atoms with Crippen LogP contribution in [0.3, 0.4) is 0 Å². The van der Waals surface area contributed by atoms with Crippen LogP contribution in [0.4, 0.5) is 4.79 Å². The molecular formula is C43H55NO5. The van der Waals surface area contributed by atoms with Crippen LogP contribution in [-0.2, 0) is 4.79 Å². The van der Waals surface area contributed by atoms with E-state index < -0.39 is 22.5 Å². The number of aliphatic hydroxyl groups excluding tert-OH is 1. The van der Waals surface area contributed by atoms with Crippen molar-refractivity contribution in [2.45, 2.75) is 116 Å². The van der Waals surface area contributed by atoms with Gasteiger partial charge < -0.3 is 19.8 Å². The number of aliphatic hydroxyl groups is 2. The molecule has 262 valence electrons. The summed E-state index contributed by atoms with van der Waals surface area (Å²) in [5.41, 5.74) is -1.39. The summed E-state index contributed by atoms with van der Waals surface area (Å²) in [5.74, 6) is 1.28. The Balaban J connectivity index is 1.13. The molecule has 8 atom stereocenters. The molecule has 0 aromatic heterocycles. The summed E-state index contributed by atoms with van der Waals surface area (Å²) in [6.07, 6.45) is 18.1. The quantitative estimate of drug-likeness (QED) is 0.289.